The Morgan fingerprint density at radius 2 is 1.60 bits per heavy atom. The summed E-state index contributed by atoms with van der Waals surface area (Å²) in [7, 11) is 0. The first-order valence-electron chi connectivity index (χ1n) is 4.28. The van der Waals surface area contributed by atoms with Gasteiger partial charge in [-0.15, -0.1) is 0 Å². The second kappa shape index (κ2) is 8.60. The molecule has 0 radical (unpaired) electrons. The van der Waals surface area contributed by atoms with Gasteiger partial charge in [0, 0.05) is 6.42 Å². The van der Waals surface area contributed by atoms with Crippen molar-refractivity contribution in [3.05, 3.63) is 5.53 Å². The van der Waals surface area contributed by atoms with Gasteiger partial charge in [-0.1, -0.05) is 32.6 Å². The van der Waals surface area contributed by atoms with E-state index < -0.39 is 0 Å². The fourth-order valence-electron chi connectivity index (χ4n) is 0.984. The molecule has 0 aromatic heterocycles. The Labute approximate surface area is 63.5 Å². The van der Waals surface area contributed by atoms with E-state index in [1.807, 2.05) is 0 Å². The summed E-state index contributed by atoms with van der Waals surface area (Å²) < 4.78 is 0. The second-order valence-corrected chi connectivity index (χ2v) is 2.68. The maximum atomic E-state index is 8.22. The van der Waals surface area contributed by atoms with Gasteiger partial charge in [0.15, 0.2) is 0 Å². The SMILES string of the molecule is CCCCCCCC[NH+]=[N-]. The Bertz CT molecular complexity index is 71.7. The summed E-state index contributed by atoms with van der Waals surface area (Å²) >= 11 is 0. The minimum absolute atomic E-state index is 0.742. The highest BCUT2D eigenvalue weighted by Gasteiger charge is 1.88. The molecule has 0 fully saturated rings. The van der Waals surface area contributed by atoms with Crippen molar-refractivity contribution in [2.45, 2.75) is 45.4 Å². The minimum Gasteiger partial charge on any atom is -0.509 e. The number of nitrogens with one attached hydrogen (secondary N) is 1. The molecule has 0 aliphatic rings. The third kappa shape index (κ3) is 7.60. The number of rotatable bonds is 7. The number of unbranched alkanes of at least 4 members (excludes halogenated alkanes) is 5. The van der Waals surface area contributed by atoms with E-state index in [2.05, 4.69) is 12.0 Å². The lowest BCUT2D eigenvalue weighted by atomic mass is 10.1. The minimum atomic E-state index is 0.742. The highest BCUT2D eigenvalue weighted by atomic mass is 14.9. The molecule has 0 rings (SSSR count). The van der Waals surface area contributed by atoms with Crippen LogP contribution in [0.3, 0.4) is 0 Å². The molecule has 0 heterocycles. The number of nitrogens with zero attached hydrogens (tertiary/aromatic N) is 1. The van der Waals surface area contributed by atoms with Crippen molar-refractivity contribution in [3.8, 4) is 0 Å². The van der Waals surface area contributed by atoms with Crippen LogP contribution in [0.1, 0.15) is 45.4 Å². The van der Waals surface area contributed by atoms with Crippen molar-refractivity contribution in [1.82, 2.24) is 0 Å². The summed E-state index contributed by atoms with van der Waals surface area (Å²) in [6.45, 7) is 2.96. The third-order valence-electron chi connectivity index (χ3n) is 1.64. The molecule has 0 amide bonds. The van der Waals surface area contributed by atoms with Gasteiger partial charge in [0.1, 0.15) is 6.54 Å². The Morgan fingerprint density at radius 1 is 1.00 bits per heavy atom. The lowest BCUT2D eigenvalue weighted by Gasteiger charge is -1.95. The van der Waals surface area contributed by atoms with Crippen LogP contribution in [0, 0.1) is 0 Å². The normalized spacial score (nSPS) is 9.70. The van der Waals surface area contributed by atoms with Gasteiger partial charge in [0.2, 0.25) is 0 Å². The van der Waals surface area contributed by atoms with Crippen LogP contribution in [-0.4, -0.2) is 6.54 Å². The van der Waals surface area contributed by atoms with Crippen molar-refractivity contribution < 1.29 is 5.11 Å². The molecule has 0 atom stereocenters. The molecule has 60 valence electrons. The van der Waals surface area contributed by atoms with Crippen LogP contribution in [0.4, 0.5) is 0 Å². The molecule has 0 aliphatic carbocycles. The monoisotopic (exact) mass is 142 g/mol. The molecular weight excluding hydrogens is 124 g/mol. The third-order valence-corrected chi connectivity index (χ3v) is 1.64. The van der Waals surface area contributed by atoms with E-state index in [-0.39, 0.29) is 0 Å². The largest absolute Gasteiger partial charge is 0.509 e. The van der Waals surface area contributed by atoms with E-state index in [0.717, 1.165) is 13.0 Å². The maximum absolute atomic E-state index is 8.22. The van der Waals surface area contributed by atoms with E-state index in [1.165, 1.54) is 32.1 Å². The van der Waals surface area contributed by atoms with Gasteiger partial charge in [-0.05, 0) is 6.42 Å². The van der Waals surface area contributed by atoms with Gasteiger partial charge in [-0.25, -0.2) is 0 Å². The average molecular weight is 142 g/mol. The number of hydrogen-bond acceptors (Lipinski definition) is 0. The lowest BCUT2D eigenvalue weighted by molar-refractivity contribution is -0.481. The molecular formula is C8H18N2. The summed E-state index contributed by atoms with van der Waals surface area (Å²) in [5, 5.41) is 2.16. The Balaban J connectivity index is 2.70. The van der Waals surface area contributed by atoms with E-state index in [1.54, 1.807) is 0 Å². The topological polar surface area (TPSA) is 36.3 Å². The van der Waals surface area contributed by atoms with Crippen molar-refractivity contribution >= 4 is 0 Å². The fraction of sp³-hybridized carbons (Fsp3) is 1.00. The summed E-state index contributed by atoms with van der Waals surface area (Å²) in [6.07, 6.45) is 7.66. The molecule has 0 bridgehead atoms. The number of hydrogen-bond donors (Lipinski definition) is 1. The van der Waals surface area contributed by atoms with E-state index in [0.29, 0.717) is 0 Å². The molecule has 0 aromatic carbocycles. The average Bonchev–Trinajstić information content (AvgIpc) is 1.97. The van der Waals surface area contributed by atoms with Gasteiger partial charge in [0.25, 0.3) is 0 Å². The molecule has 2 heteroatoms. The highest BCUT2D eigenvalue weighted by molar-refractivity contribution is 4.41. The Morgan fingerprint density at radius 3 is 2.20 bits per heavy atom. The molecule has 0 aliphatic heterocycles. The van der Waals surface area contributed by atoms with Crippen molar-refractivity contribution in [3.63, 3.8) is 0 Å². The first-order chi connectivity index (χ1) is 4.91. The van der Waals surface area contributed by atoms with E-state index >= 15 is 0 Å². The second-order valence-electron chi connectivity index (χ2n) is 2.68. The van der Waals surface area contributed by atoms with Crippen LogP contribution < -0.4 is 5.11 Å². The smallest absolute Gasteiger partial charge is 0.129 e. The van der Waals surface area contributed by atoms with E-state index in [9.17, 15) is 0 Å². The first kappa shape index (κ1) is 9.60. The van der Waals surface area contributed by atoms with Gasteiger partial charge in [0.05, 0.1) is 0 Å². The summed E-state index contributed by atoms with van der Waals surface area (Å²) in [4.78, 5) is 0. The van der Waals surface area contributed by atoms with Gasteiger partial charge >= 0.3 is 0 Å². The predicted molar refractivity (Wildman–Crippen MR) is 42.6 cm³/mol. The van der Waals surface area contributed by atoms with Crippen molar-refractivity contribution in [2.75, 3.05) is 6.54 Å². The standard InChI is InChI=1S/C8H18N2/c1-2-3-4-5-6-7-8-10-9/h10H,2-8H2,1H3. The summed E-state index contributed by atoms with van der Waals surface area (Å²) in [6, 6.07) is 0. The molecule has 0 saturated heterocycles. The lowest BCUT2D eigenvalue weighted by Crippen LogP contribution is -2.62. The quantitative estimate of drug-likeness (QED) is 0.412. The zero-order valence-corrected chi connectivity index (χ0v) is 6.90. The summed E-state index contributed by atoms with van der Waals surface area (Å²) in [5.41, 5.74) is 8.22. The first-order valence-corrected chi connectivity index (χ1v) is 4.28. The van der Waals surface area contributed by atoms with Crippen molar-refractivity contribution in [1.29, 1.82) is 0 Å². The Kier molecular flexibility index (Phi) is 8.26. The zero-order valence-electron chi connectivity index (χ0n) is 6.90. The molecule has 0 spiro atoms. The van der Waals surface area contributed by atoms with Gasteiger partial charge < -0.3 is 10.6 Å². The van der Waals surface area contributed by atoms with Crippen molar-refractivity contribution in [2.24, 2.45) is 0 Å². The molecule has 10 heavy (non-hydrogen) atoms. The zero-order chi connectivity index (χ0) is 7.66. The predicted octanol–water partition coefficient (Wildman–Crippen LogP) is 1.45. The molecule has 0 saturated carbocycles. The van der Waals surface area contributed by atoms with E-state index in [4.69, 9.17) is 5.53 Å². The van der Waals surface area contributed by atoms with Crippen LogP contribution >= 0.6 is 0 Å². The van der Waals surface area contributed by atoms with Crippen LogP contribution in [-0.2, 0) is 0 Å². The Hall–Kier alpha value is -0.400. The van der Waals surface area contributed by atoms with Crippen LogP contribution in [0.2, 0.25) is 0 Å². The summed E-state index contributed by atoms with van der Waals surface area (Å²) in [5.74, 6) is 0. The van der Waals surface area contributed by atoms with Crippen LogP contribution in [0.5, 0.6) is 0 Å². The molecule has 0 unspecified atom stereocenters. The van der Waals surface area contributed by atoms with Crippen LogP contribution in [0.25, 0.3) is 5.53 Å². The van der Waals surface area contributed by atoms with Crippen LogP contribution in [0.15, 0.2) is 0 Å². The molecule has 1 N–H and O–H groups in total. The van der Waals surface area contributed by atoms with Gasteiger partial charge in [-0.2, -0.15) is 0 Å². The van der Waals surface area contributed by atoms with Gasteiger partial charge in [-0.3, -0.25) is 0 Å². The fourth-order valence-corrected chi connectivity index (χ4v) is 0.984. The molecule has 0 aromatic rings. The molecule has 2 nitrogen and oxygen atoms in total. The highest BCUT2D eigenvalue weighted by Crippen LogP contribution is 2.03. The maximum Gasteiger partial charge on any atom is 0.129 e.